The molecule has 1 saturated carbocycles. The molecule has 12 nitrogen and oxygen atoms in total. The first-order valence-corrected chi connectivity index (χ1v) is 13.7. The van der Waals surface area contributed by atoms with Crippen molar-refractivity contribution in [1.82, 2.24) is 29.3 Å². The topological polar surface area (TPSA) is 138 Å². The first kappa shape index (κ1) is 28.4. The second-order valence-corrected chi connectivity index (χ2v) is 11.8. The Labute approximate surface area is 235 Å². The molecule has 41 heavy (non-hydrogen) atoms. The van der Waals surface area contributed by atoms with E-state index in [-0.39, 0.29) is 40.3 Å². The Balaban J connectivity index is 1.38. The fourth-order valence-electron chi connectivity index (χ4n) is 5.70. The number of anilines is 2. The summed E-state index contributed by atoms with van der Waals surface area (Å²) >= 11 is 0. The van der Waals surface area contributed by atoms with Crippen molar-refractivity contribution >= 4 is 35.4 Å². The lowest BCUT2D eigenvalue weighted by Gasteiger charge is -2.46. The average molecular weight is 573 g/mol. The van der Waals surface area contributed by atoms with E-state index < -0.39 is 24.1 Å². The number of hydrogen-bond acceptors (Lipinski definition) is 7. The zero-order valence-electron chi connectivity index (χ0n) is 23.2. The van der Waals surface area contributed by atoms with Crippen LogP contribution in [0.3, 0.4) is 0 Å². The van der Waals surface area contributed by atoms with Gasteiger partial charge in [-0.05, 0) is 37.2 Å². The number of carbonyl (C=O) groups is 3. The van der Waals surface area contributed by atoms with Gasteiger partial charge in [0.05, 0.1) is 24.0 Å². The van der Waals surface area contributed by atoms with E-state index in [0.717, 1.165) is 6.29 Å². The molecule has 1 unspecified atom stereocenters. The molecule has 1 atom stereocenters. The van der Waals surface area contributed by atoms with Crippen LogP contribution in [-0.2, 0) is 4.79 Å². The first-order chi connectivity index (χ1) is 19.5. The monoisotopic (exact) mass is 572 g/mol. The van der Waals surface area contributed by atoms with Crippen molar-refractivity contribution in [3.8, 4) is 0 Å². The fraction of sp³-hybridized carbons (Fsp3) is 0.556. The first-order valence-electron chi connectivity index (χ1n) is 13.7. The summed E-state index contributed by atoms with van der Waals surface area (Å²) < 4.78 is 30.6. The molecule has 0 aromatic carbocycles. The van der Waals surface area contributed by atoms with Gasteiger partial charge in [-0.1, -0.05) is 20.8 Å². The number of rotatable bonds is 6. The van der Waals surface area contributed by atoms with Gasteiger partial charge in [-0.25, -0.2) is 23.1 Å². The maximum absolute atomic E-state index is 13.9. The van der Waals surface area contributed by atoms with E-state index in [1.165, 1.54) is 26.5 Å². The van der Waals surface area contributed by atoms with Crippen molar-refractivity contribution in [2.45, 2.75) is 65.0 Å². The van der Waals surface area contributed by atoms with E-state index >= 15 is 0 Å². The minimum absolute atomic E-state index is 0.0241. The second-order valence-electron chi connectivity index (χ2n) is 11.8. The van der Waals surface area contributed by atoms with Crippen LogP contribution in [0.5, 0.6) is 0 Å². The normalized spacial score (nSPS) is 21.9. The van der Waals surface area contributed by atoms with Gasteiger partial charge in [0.1, 0.15) is 17.7 Å². The van der Waals surface area contributed by atoms with Crippen molar-refractivity contribution in [2.24, 2.45) is 11.3 Å². The lowest BCUT2D eigenvalue weighted by atomic mass is 9.84. The van der Waals surface area contributed by atoms with Crippen molar-refractivity contribution < 1.29 is 28.3 Å². The maximum atomic E-state index is 13.9. The molecular weight excluding hydrogens is 538 g/mol. The number of nitrogens with zero attached hydrogens (tertiary/aromatic N) is 7. The summed E-state index contributed by atoms with van der Waals surface area (Å²) in [6, 6.07) is 1.34. The number of carbonyl (C=O) groups excluding carboxylic acids is 2. The maximum Gasteiger partial charge on any atom is 0.407 e. The number of alkyl halides is 2. The van der Waals surface area contributed by atoms with Gasteiger partial charge in [-0.2, -0.15) is 10.2 Å². The van der Waals surface area contributed by atoms with Gasteiger partial charge in [0.2, 0.25) is 0 Å². The molecule has 0 bridgehead atoms. The van der Waals surface area contributed by atoms with Crippen molar-refractivity contribution in [2.75, 3.05) is 29.9 Å². The van der Waals surface area contributed by atoms with Crippen LogP contribution < -0.4 is 10.2 Å². The summed E-state index contributed by atoms with van der Waals surface area (Å²) in [6.45, 7) is 7.09. The quantitative estimate of drug-likeness (QED) is 0.418. The number of piperazine rings is 1. The zero-order valence-corrected chi connectivity index (χ0v) is 23.2. The predicted octanol–water partition coefficient (Wildman–Crippen LogP) is 4.26. The molecule has 2 amide bonds. The van der Waals surface area contributed by atoms with Gasteiger partial charge in [0.15, 0.2) is 11.3 Å². The van der Waals surface area contributed by atoms with Crippen molar-refractivity contribution in [3.05, 3.63) is 35.9 Å². The molecule has 1 aliphatic carbocycles. The van der Waals surface area contributed by atoms with Gasteiger partial charge in [-0.3, -0.25) is 9.48 Å². The summed E-state index contributed by atoms with van der Waals surface area (Å²) in [6.07, 6.45) is 4.08. The highest BCUT2D eigenvalue weighted by Crippen LogP contribution is 2.34. The van der Waals surface area contributed by atoms with E-state index in [4.69, 9.17) is 0 Å². The number of nitrogens with one attached hydrogen (secondary N) is 1. The predicted molar refractivity (Wildman–Crippen MR) is 145 cm³/mol. The second kappa shape index (κ2) is 11.1. The summed E-state index contributed by atoms with van der Waals surface area (Å²) in [5.41, 5.74) is -0.584. The molecule has 0 radical (unpaired) electrons. The molecule has 0 spiro atoms. The average Bonchev–Trinajstić information content (AvgIpc) is 3.56. The third-order valence-electron chi connectivity index (χ3n) is 8.07. The fourth-order valence-corrected chi connectivity index (χ4v) is 5.70. The van der Waals surface area contributed by atoms with Gasteiger partial charge in [0.25, 0.3) is 12.3 Å². The Morgan fingerprint density at radius 3 is 2.54 bits per heavy atom. The van der Waals surface area contributed by atoms with Crippen LogP contribution in [0.25, 0.3) is 5.65 Å². The summed E-state index contributed by atoms with van der Waals surface area (Å²) in [4.78, 5) is 44.3. The lowest BCUT2D eigenvalue weighted by Crippen LogP contribution is -2.59. The highest BCUT2D eigenvalue weighted by Gasteiger charge is 2.38. The Kier molecular flexibility index (Phi) is 7.66. The SMILES string of the molecule is CC(C)(C)C1CN(c2ccn3ncc(C(=O)Nc4cn(C5CCC(C=O)CC5)nc4C(F)F)c3n2)CCN1C(=O)O. The van der Waals surface area contributed by atoms with Crippen LogP contribution in [0, 0.1) is 11.3 Å². The molecule has 4 heterocycles. The van der Waals surface area contributed by atoms with E-state index in [2.05, 4.69) is 20.5 Å². The number of fused-ring (bicyclic) bond motifs is 1. The van der Waals surface area contributed by atoms with E-state index in [1.807, 2.05) is 25.7 Å². The molecule has 1 aliphatic heterocycles. The number of aldehydes is 1. The van der Waals surface area contributed by atoms with E-state index in [0.29, 0.717) is 51.1 Å². The van der Waals surface area contributed by atoms with Crippen LogP contribution in [-0.4, -0.2) is 78.3 Å². The lowest BCUT2D eigenvalue weighted by molar-refractivity contribution is -0.112. The molecule has 2 aliphatic rings. The third-order valence-corrected chi connectivity index (χ3v) is 8.07. The Morgan fingerprint density at radius 2 is 1.90 bits per heavy atom. The van der Waals surface area contributed by atoms with Crippen LogP contribution in [0.15, 0.2) is 24.7 Å². The van der Waals surface area contributed by atoms with Crippen molar-refractivity contribution in [1.29, 1.82) is 0 Å². The van der Waals surface area contributed by atoms with Gasteiger partial charge >= 0.3 is 6.09 Å². The Morgan fingerprint density at radius 1 is 1.17 bits per heavy atom. The minimum Gasteiger partial charge on any atom is -0.465 e. The molecule has 3 aromatic heterocycles. The van der Waals surface area contributed by atoms with Crippen molar-refractivity contribution in [3.63, 3.8) is 0 Å². The number of amides is 2. The number of hydrogen-bond donors (Lipinski definition) is 2. The van der Waals surface area contributed by atoms with Crippen LogP contribution >= 0.6 is 0 Å². The van der Waals surface area contributed by atoms with E-state index in [1.54, 1.807) is 12.3 Å². The number of halogens is 2. The summed E-state index contributed by atoms with van der Waals surface area (Å²) in [5, 5.41) is 20.5. The van der Waals surface area contributed by atoms with Gasteiger partial charge in [-0.15, -0.1) is 0 Å². The van der Waals surface area contributed by atoms with Crippen LogP contribution in [0.1, 0.15) is 75.0 Å². The van der Waals surface area contributed by atoms with Gasteiger partial charge < -0.3 is 25.0 Å². The van der Waals surface area contributed by atoms with Gasteiger partial charge in [0, 0.05) is 37.9 Å². The standard InChI is InChI=1S/C27H34F2N8O4/c1-27(2,3)20-14-34(10-11-35(20)26(40)41)21-8-9-36-24(32-21)18(12-30-36)25(39)31-19-13-37(33-22(19)23(28)29)17-6-4-16(15-38)5-7-17/h8-9,12-13,15-17,20,23H,4-7,10-11,14H2,1-3H3,(H,31,39)(H,40,41). The zero-order chi connectivity index (χ0) is 29.5. The molecule has 3 aromatic rings. The molecule has 14 heteroatoms. The van der Waals surface area contributed by atoms with E-state index in [9.17, 15) is 28.3 Å². The molecule has 2 fully saturated rings. The molecular formula is C27H34F2N8O4. The molecule has 5 rings (SSSR count). The Bertz CT molecular complexity index is 1440. The molecule has 2 N–H and O–H groups in total. The largest absolute Gasteiger partial charge is 0.465 e. The minimum atomic E-state index is -2.90. The van der Waals surface area contributed by atoms with Crippen LogP contribution in [0.4, 0.5) is 25.1 Å². The summed E-state index contributed by atoms with van der Waals surface area (Å²) in [5.74, 6) is -0.124. The Hall–Kier alpha value is -4.10. The third kappa shape index (κ3) is 5.72. The highest BCUT2D eigenvalue weighted by atomic mass is 19.3. The summed E-state index contributed by atoms with van der Waals surface area (Å²) in [7, 11) is 0. The van der Waals surface area contributed by atoms with Crippen LogP contribution in [0.2, 0.25) is 0 Å². The number of aromatic nitrogens is 5. The highest BCUT2D eigenvalue weighted by molar-refractivity contribution is 6.08. The smallest absolute Gasteiger partial charge is 0.407 e. The number of carboxylic acid groups (broad SMARTS) is 1. The molecule has 220 valence electrons. The molecule has 1 saturated heterocycles.